The number of aryl methyl sites for hydroxylation is 2. The van der Waals surface area contributed by atoms with Gasteiger partial charge in [0.1, 0.15) is 0 Å². The Labute approximate surface area is 90.7 Å². The third kappa shape index (κ3) is 1.94. The summed E-state index contributed by atoms with van der Waals surface area (Å²) in [7, 11) is 0. The molecule has 0 spiro atoms. The molecule has 0 fully saturated rings. The van der Waals surface area contributed by atoms with E-state index < -0.39 is 0 Å². The molecule has 1 heterocycles. The fourth-order valence-corrected chi connectivity index (χ4v) is 1.73. The molecule has 78 valence electrons. The van der Waals surface area contributed by atoms with Gasteiger partial charge in [0.25, 0.3) is 0 Å². The van der Waals surface area contributed by atoms with Crippen LogP contribution in [-0.4, -0.2) is 12.8 Å². The Bertz CT molecular complexity index is 419. The zero-order chi connectivity index (χ0) is 10.8. The minimum atomic E-state index is 0.827. The van der Waals surface area contributed by atoms with Gasteiger partial charge in [-0.15, -0.1) is 0 Å². The topological polar surface area (TPSA) is 24.4 Å². The first-order valence-corrected chi connectivity index (χ1v) is 5.23. The van der Waals surface area contributed by atoms with Crippen LogP contribution in [0.4, 0.5) is 0 Å². The molecule has 0 amide bonds. The summed E-state index contributed by atoms with van der Waals surface area (Å²) >= 11 is 0. The van der Waals surface area contributed by atoms with Gasteiger partial charge in [-0.05, 0) is 49.6 Å². The van der Waals surface area contributed by atoms with E-state index in [1.165, 1.54) is 22.3 Å². The summed E-state index contributed by atoms with van der Waals surface area (Å²) in [5.74, 6) is 0. The number of nitrogens with zero attached hydrogens (tertiary/aromatic N) is 1. The molecule has 1 N–H and O–H groups in total. The van der Waals surface area contributed by atoms with Crippen LogP contribution in [0.3, 0.4) is 0 Å². The Morgan fingerprint density at radius 1 is 1.13 bits per heavy atom. The molecule has 1 aliphatic rings. The zero-order valence-corrected chi connectivity index (χ0v) is 9.46. The first-order valence-electron chi connectivity index (χ1n) is 5.23. The first-order chi connectivity index (χ1) is 7.18. The van der Waals surface area contributed by atoms with E-state index in [-0.39, 0.29) is 0 Å². The maximum absolute atomic E-state index is 4.39. The maximum atomic E-state index is 4.39. The van der Waals surface area contributed by atoms with Crippen molar-refractivity contribution in [2.45, 2.75) is 20.8 Å². The molecule has 0 unspecified atom stereocenters. The van der Waals surface area contributed by atoms with Gasteiger partial charge in [-0.2, -0.15) is 0 Å². The summed E-state index contributed by atoms with van der Waals surface area (Å²) in [5, 5.41) is 3.18. The molecule has 0 radical (unpaired) electrons. The highest BCUT2D eigenvalue weighted by atomic mass is 14.9. The molecule has 1 aromatic carbocycles. The summed E-state index contributed by atoms with van der Waals surface area (Å²) in [5.41, 5.74) is 6.23. The molecular formula is C13H16N2. The van der Waals surface area contributed by atoms with Crippen molar-refractivity contribution in [3.05, 3.63) is 40.6 Å². The van der Waals surface area contributed by atoms with E-state index >= 15 is 0 Å². The van der Waals surface area contributed by atoms with Crippen molar-refractivity contribution >= 4 is 11.9 Å². The molecule has 0 aromatic heterocycles. The number of rotatable bonds is 1. The number of hydrogen-bond donors (Lipinski definition) is 1. The van der Waals surface area contributed by atoms with Crippen LogP contribution < -0.4 is 5.32 Å². The van der Waals surface area contributed by atoms with Crippen molar-refractivity contribution in [3.63, 3.8) is 0 Å². The van der Waals surface area contributed by atoms with E-state index in [0.717, 1.165) is 12.2 Å². The number of hydrogen-bond acceptors (Lipinski definition) is 2. The highest BCUT2D eigenvalue weighted by molar-refractivity contribution is 5.77. The fraction of sp³-hybridized carbons (Fsp3) is 0.308. The van der Waals surface area contributed by atoms with Crippen LogP contribution in [0.25, 0.3) is 5.70 Å². The summed E-state index contributed by atoms with van der Waals surface area (Å²) < 4.78 is 0. The highest BCUT2D eigenvalue weighted by Gasteiger charge is 2.05. The Morgan fingerprint density at radius 2 is 1.80 bits per heavy atom. The second-order valence-electron chi connectivity index (χ2n) is 3.98. The molecule has 1 aliphatic heterocycles. The molecule has 0 atom stereocenters. The van der Waals surface area contributed by atoms with E-state index in [9.17, 15) is 0 Å². The maximum Gasteiger partial charge on any atom is 0.0855 e. The smallest absolute Gasteiger partial charge is 0.0855 e. The van der Waals surface area contributed by atoms with Crippen molar-refractivity contribution in [1.29, 1.82) is 0 Å². The van der Waals surface area contributed by atoms with Gasteiger partial charge in [0.05, 0.1) is 5.70 Å². The van der Waals surface area contributed by atoms with Crippen molar-refractivity contribution < 1.29 is 0 Å². The van der Waals surface area contributed by atoms with Gasteiger partial charge in [0.2, 0.25) is 0 Å². The van der Waals surface area contributed by atoms with E-state index in [0.29, 0.717) is 0 Å². The SMILES string of the molecule is Cc1cc(C2=CNCC=N2)cc(C)c1C. The van der Waals surface area contributed by atoms with Crippen molar-refractivity contribution in [2.24, 2.45) is 4.99 Å². The third-order valence-electron chi connectivity index (χ3n) is 2.90. The monoisotopic (exact) mass is 200 g/mol. The summed E-state index contributed by atoms with van der Waals surface area (Å²) in [4.78, 5) is 4.39. The van der Waals surface area contributed by atoms with Crippen molar-refractivity contribution in [2.75, 3.05) is 6.54 Å². The van der Waals surface area contributed by atoms with Crippen LogP contribution in [0.1, 0.15) is 22.3 Å². The van der Waals surface area contributed by atoms with Crippen LogP contribution >= 0.6 is 0 Å². The van der Waals surface area contributed by atoms with Gasteiger partial charge in [0.15, 0.2) is 0 Å². The Hall–Kier alpha value is -1.57. The summed E-state index contributed by atoms with van der Waals surface area (Å²) in [6.45, 7) is 7.28. The Kier molecular flexibility index (Phi) is 2.58. The highest BCUT2D eigenvalue weighted by Crippen LogP contribution is 2.22. The van der Waals surface area contributed by atoms with Crippen LogP contribution in [0.5, 0.6) is 0 Å². The van der Waals surface area contributed by atoms with Gasteiger partial charge in [0, 0.05) is 24.5 Å². The van der Waals surface area contributed by atoms with Gasteiger partial charge in [-0.1, -0.05) is 0 Å². The molecule has 2 heteroatoms. The number of aliphatic imine (C=N–C) groups is 1. The van der Waals surface area contributed by atoms with Gasteiger partial charge >= 0.3 is 0 Å². The van der Waals surface area contributed by atoms with Crippen LogP contribution in [0.2, 0.25) is 0 Å². The lowest BCUT2D eigenvalue weighted by Crippen LogP contribution is -2.12. The molecule has 15 heavy (non-hydrogen) atoms. The lowest BCUT2D eigenvalue weighted by molar-refractivity contribution is 1.01. The number of benzene rings is 1. The summed E-state index contributed by atoms with van der Waals surface area (Å²) in [6.07, 6.45) is 3.88. The Balaban J connectivity index is 2.45. The van der Waals surface area contributed by atoms with Gasteiger partial charge in [-0.3, -0.25) is 4.99 Å². The van der Waals surface area contributed by atoms with Gasteiger partial charge < -0.3 is 5.32 Å². The average molecular weight is 200 g/mol. The van der Waals surface area contributed by atoms with Crippen LogP contribution in [0, 0.1) is 20.8 Å². The molecule has 0 saturated heterocycles. The van der Waals surface area contributed by atoms with Crippen LogP contribution in [-0.2, 0) is 0 Å². The second-order valence-corrected chi connectivity index (χ2v) is 3.98. The zero-order valence-electron chi connectivity index (χ0n) is 9.46. The largest absolute Gasteiger partial charge is 0.384 e. The molecule has 1 aromatic rings. The molecule has 2 nitrogen and oxygen atoms in total. The molecule has 0 bridgehead atoms. The van der Waals surface area contributed by atoms with Gasteiger partial charge in [-0.25, -0.2) is 0 Å². The molecular weight excluding hydrogens is 184 g/mol. The predicted octanol–water partition coefficient (Wildman–Crippen LogP) is 2.58. The quantitative estimate of drug-likeness (QED) is 0.740. The minimum absolute atomic E-state index is 0.827. The fourth-order valence-electron chi connectivity index (χ4n) is 1.73. The molecule has 0 aliphatic carbocycles. The average Bonchev–Trinajstić information content (AvgIpc) is 2.26. The third-order valence-corrected chi connectivity index (χ3v) is 2.90. The second kappa shape index (κ2) is 3.89. The lowest BCUT2D eigenvalue weighted by atomic mass is 9.99. The molecule has 0 saturated carbocycles. The van der Waals surface area contributed by atoms with Crippen LogP contribution in [0.15, 0.2) is 23.3 Å². The van der Waals surface area contributed by atoms with E-state index in [4.69, 9.17) is 0 Å². The minimum Gasteiger partial charge on any atom is -0.384 e. The van der Waals surface area contributed by atoms with Crippen molar-refractivity contribution in [3.8, 4) is 0 Å². The molecule has 2 rings (SSSR count). The normalized spacial score (nSPS) is 14.7. The van der Waals surface area contributed by atoms with E-state index in [2.05, 4.69) is 43.2 Å². The standard InChI is InChI=1S/C13H16N2/c1-9-6-12(7-10(2)11(9)3)13-8-14-4-5-15-13/h5-8,14H,4H2,1-3H3. The van der Waals surface area contributed by atoms with Crippen molar-refractivity contribution in [1.82, 2.24) is 5.32 Å². The first kappa shape index (κ1) is 9.97. The Morgan fingerprint density at radius 3 is 2.33 bits per heavy atom. The predicted molar refractivity (Wildman–Crippen MR) is 65.1 cm³/mol. The summed E-state index contributed by atoms with van der Waals surface area (Å²) in [6, 6.07) is 4.39. The van der Waals surface area contributed by atoms with E-state index in [1.54, 1.807) is 0 Å². The number of nitrogens with one attached hydrogen (secondary N) is 1. The van der Waals surface area contributed by atoms with E-state index in [1.807, 2.05) is 12.4 Å². The lowest BCUT2D eigenvalue weighted by Gasteiger charge is -2.12.